The quantitative estimate of drug-likeness (QED) is 0.263. The summed E-state index contributed by atoms with van der Waals surface area (Å²) in [6.45, 7) is 21.4. The summed E-state index contributed by atoms with van der Waals surface area (Å²) in [6.07, 6.45) is 7.34. The summed E-state index contributed by atoms with van der Waals surface area (Å²) in [5.74, 6) is -3.90. The van der Waals surface area contributed by atoms with Crippen LogP contribution in [0.2, 0.25) is 0 Å². The van der Waals surface area contributed by atoms with Gasteiger partial charge in [0.1, 0.15) is 23.4 Å². The summed E-state index contributed by atoms with van der Waals surface area (Å²) < 4.78 is 13.1. The molecule has 2 bridgehead atoms. The van der Waals surface area contributed by atoms with E-state index in [2.05, 4.69) is 51.8 Å². The van der Waals surface area contributed by atoms with Gasteiger partial charge in [0.25, 0.3) is 0 Å². The number of nitrogens with zero attached hydrogens (tertiary/aromatic N) is 1. The Morgan fingerprint density at radius 2 is 1.70 bits per heavy atom. The molecule has 2 heterocycles. The largest absolute Gasteiger partial charge is 0.459 e. The minimum Gasteiger partial charge on any atom is -0.459 e. The van der Waals surface area contributed by atoms with E-state index in [1.54, 1.807) is 13.8 Å². The third-order valence-electron chi connectivity index (χ3n) is 10.7. The monoisotopic (exact) mass is 649 g/mol. The lowest BCUT2D eigenvalue weighted by Gasteiger charge is -2.49. The van der Waals surface area contributed by atoms with Gasteiger partial charge >= 0.3 is 5.97 Å². The summed E-state index contributed by atoms with van der Waals surface area (Å²) >= 11 is 0. The number of carbonyl (C=O) groups is 3. The minimum atomic E-state index is -1.48. The van der Waals surface area contributed by atoms with Crippen LogP contribution in [0.1, 0.15) is 107 Å². The van der Waals surface area contributed by atoms with Crippen LogP contribution < -0.4 is 0 Å². The van der Waals surface area contributed by atoms with Gasteiger partial charge < -0.3 is 14.6 Å². The number of allylic oxidation sites excluding steroid dienone is 2. The lowest BCUT2D eigenvalue weighted by atomic mass is 9.60. The first-order valence-electron chi connectivity index (χ1n) is 17.4. The number of benzene rings is 1. The van der Waals surface area contributed by atoms with Gasteiger partial charge in [0.2, 0.25) is 5.91 Å². The maximum Gasteiger partial charge on any atom is 0.316 e. The van der Waals surface area contributed by atoms with E-state index in [1.807, 2.05) is 57.2 Å². The van der Waals surface area contributed by atoms with Gasteiger partial charge in [-0.3, -0.25) is 14.4 Å². The number of esters is 1. The first-order valence-corrected chi connectivity index (χ1v) is 17.4. The predicted octanol–water partition coefficient (Wildman–Crippen LogP) is 8.05. The molecule has 47 heavy (non-hydrogen) atoms. The fourth-order valence-corrected chi connectivity index (χ4v) is 8.71. The molecule has 0 saturated carbocycles. The van der Waals surface area contributed by atoms with Crippen LogP contribution in [0.25, 0.3) is 6.08 Å². The van der Waals surface area contributed by atoms with Crippen molar-refractivity contribution in [2.75, 3.05) is 6.61 Å². The maximum atomic E-state index is 14.2. The van der Waals surface area contributed by atoms with Gasteiger partial charge in [-0.2, -0.15) is 0 Å². The highest BCUT2D eigenvalue weighted by Crippen LogP contribution is 2.48. The highest BCUT2D eigenvalue weighted by atomic mass is 16.6. The Kier molecular flexibility index (Phi) is 12.7. The summed E-state index contributed by atoms with van der Waals surface area (Å²) in [5.41, 5.74) is 0.136. The number of aliphatic hydroxyl groups is 1. The number of hydrogen-bond acceptors (Lipinski definition) is 6. The van der Waals surface area contributed by atoms with Crippen molar-refractivity contribution in [3.8, 4) is 0 Å². The molecule has 2 fully saturated rings. The van der Waals surface area contributed by atoms with E-state index in [9.17, 15) is 19.5 Å². The highest BCUT2D eigenvalue weighted by Gasteiger charge is 2.52. The van der Waals surface area contributed by atoms with Crippen LogP contribution in [-0.2, 0) is 23.9 Å². The van der Waals surface area contributed by atoms with Gasteiger partial charge in [-0.1, -0.05) is 97.0 Å². The van der Waals surface area contributed by atoms with E-state index in [1.165, 1.54) is 6.92 Å². The van der Waals surface area contributed by atoms with Gasteiger partial charge in [-0.05, 0) is 74.8 Å². The zero-order valence-corrected chi connectivity index (χ0v) is 30.6. The third kappa shape index (κ3) is 9.17. The Morgan fingerprint density at radius 3 is 2.28 bits per heavy atom. The fourth-order valence-electron chi connectivity index (χ4n) is 8.71. The van der Waals surface area contributed by atoms with Crippen molar-refractivity contribution >= 4 is 29.4 Å². The van der Waals surface area contributed by atoms with Gasteiger partial charge in [0, 0.05) is 30.4 Å². The van der Waals surface area contributed by atoms with Crippen molar-refractivity contribution in [2.24, 2.45) is 45.9 Å². The van der Waals surface area contributed by atoms with Crippen molar-refractivity contribution in [1.29, 1.82) is 0 Å². The second-order valence-corrected chi connectivity index (χ2v) is 15.6. The average molecular weight is 650 g/mol. The standard InChI is InChI=1S/C40H59NO6/c1-12-33-40(11,45)32-22-21-31(20-16-19-30-17-14-13-15-18-30)24-46-39(10,23-25(2)34(26(32)3)41-29(6)42)36(38(7,8)9)27(4)35(43)28(5)37(44)47-33/h13-20,25-28,32-33,36,45H,12,21-24H2,1-11H3/b19-16+,31-20+,41-34+/t25-,26-,27+,28-,32-,33-,36+,39-,40+/m1/s1. The first kappa shape index (κ1) is 38.5. The molecule has 7 nitrogen and oxygen atoms in total. The molecule has 9 atom stereocenters. The van der Waals surface area contributed by atoms with Crippen LogP contribution in [-0.4, -0.2) is 52.4 Å². The van der Waals surface area contributed by atoms with Crippen LogP contribution >= 0.6 is 0 Å². The van der Waals surface area contributed by atoms with E-state index in [0.717, 1.165) is 11.1 Å². The lowest BCUT2D eigenvalue weighted by molar-refractivity contribution is -0.180. The third-order valence-corrected chi connectivity index (χ3v) is 10.7. The fraction of sp³-hybridized carbons (Fsp3) is 0.650. The summed E-state index contributed by atoms with van der Waals surface area (Å²) in [5, 5.41) is 12.4. The number of hydrogen-bond donors (Lipinski definition) is 1. The zero-order valence-electron chi connectivity index (χ0n) is 30.6. The normalized spacial score (nSPS) is 36.9. The molecule has 3 rings (SSSR count). The van der Waals surface area contributed by atoms with Crippen LogP contribution in [0, 0.1) is 40.9 Å². The van der Waals surface area contributed by atoms with Crippen LogP contribution in [0.15, 0.2) is 53.0 Å². The molecule has 1 amide bonds. The number of carbonyl (C=O) groups excluding carboxylic acids is 3. The van der Waals surface area contributed by atoms with E-state index in [0.29, 0.717) is 38.0 Å². The summed E-state index contributed by atoms with van der Waals surface area (Å²) in [6, 6.07) is 10.1. The van der Waals surface area contributed by atoms with Gasteiger partial charge in [0.05, 0.1) is 12.2 Å². The van der Waals surface area contributed by atoms with E-state index in [-0.39, 0.29) is 34.9 Å². The number of aliphatic imine (C=N–C) groups is 1. The number of fused-ring (bicyclic) bond motifs is 5. The molecule has 0 unspecified atom stereocenters. The Balaban J connectivity index is 2.35. The van der Waals surface area contributed by atoms with Crippen molar-refractivity contribution in [1.82, 2.24) is 0 Å². The van der Waals surface area contributed by atoms with Crippen LogP contribution in [0.4, 0.5) is 0 Å². The first-order chi connectivity index (χ1) is 21.8. The molecule has 0 aliphatic carbocycles. The molecule has 1 N–H and O–H groups in total. The number of Topliss-reactive ketones (excluding diaryl/α,β-unsaturated/α-hetero) is 1. The van der Waals surface area contributed by atoms with E-state index < -0.39 is 41.0 Å². The van der Waals surface area contributed by atoms with E-state index >= 15 is 0 Å². The Bertz CT molecular complexity index is 1350. The highest BCUT2D eigenvalue weighted by molar-refractivity contribution is 6.00. The number of ketones is 1. The van der Waals surface area contributed by atoms with Crippen LogP contribution in [0.5, 0.6) is 0 Å². The second kappa shape index (κ2) is 15.5. The summed E-state index contributed by atoms with van der Waals surface area (Å²) in [7, 11) is 0. The number of amides is 1. The molecule has 2 saturated heterocycles. The zero-order chi connectivity index (χ0) is 35.3. The molecule has 0 spiro atoms. The smallest absolute Gasteiger partial charge is 0.316 e. The van der Waals surface area contributed by atoms with Crippen molar-refractivity contribution in [3.05, 3.63) is 53.6 Å². The minimum absolute atomic E-state index is 0.198. The molecule has 1 aromatic carbocycles. The number of rotatable bonds is 3. The number of cyclic esters (lactones) is 1. The molecule has 260 valence electrons. The van der Waals surface area contributed by atoms with Gasteiger partial charge in [-0.25, -0.2) is 4.99 Å². The Hall–Kier alpha value is -2.90. The topological polar surface area (TPSA) is 102 Å². The van der Waals surface area contributed by atoms with Crippen LogP contribution in [0.3, 0.4) is 0 Å². The number of ether oxygens (including phenoxy) is 2. The molecule has 1 aromatic rings. The van der Waals surface area contributed by atoms with Gasteiger partial charge in [-0.15, -0.1) is 0 Å². The Morgan fingerprint density at radius 1 is 1.06 bits per heavy atom. The van der Waals surface area contributed by atoms with Crippen molar-refractivity contribution in [3.63, 3.8) is 0 Å². The molecular formula is C40H59NO6. The molecular weight excluding hydrogens is 590 g/mol. The van der Waals surface area contributed by atoms with Crippen molar-refractivity contribution in [2.45, 2.75) is 119 Å². The second-order valence-electron chi connectivity index (χ2n) is 15.6. The Labute approximate surface area is 283 Å². The molecule has 0 radical (unpaired) electrons. The van der Waals surface area contributed by atoms with Gasteiger partial charge in [0.15, 0.2) is 0 Å². The van der Waals surface area contributed by atoms with Crippen molar-refractivity contribution < 1.29 is 29.0 Å². The maximum absolute atomic E-state index is 14.2. The average Bonchev–Trinajstić information content (AvgIpc) is 3.00. The predicted molar refractivity (Wildman–Crippen MR) is 189 cm³/mol. The SMILES string of the molecule is CC[C@H]1OC(=O)[C@H](C)C(=O)[C@H](C)[C@@H](C(C)(C)C)[C@@]2(C)C[C@@H](C)/C(=N\C(C)=O)[C@H](C)[C@@H](CC/C(=C\C=C\c3ccccc3)CO2)[C@]1(C)O. The van der Waals surface area contributed by atoms with E-state index in [4.69, 9.17) is 9.47 Å². The molecule has 2 aliphatic rings. The summed E-state index contributed by atoms with van der Waals surface area (Å²) in [4.78, 5) is 45.0. The molecule has 7 heteroatoms. The molecule has 0 aromatic heterocycles. The lowest BCUT2D eigenvalue weighted by Crippen LogP contribution is -2.55. The molecule has 2 aliphatic heterocycles.